The highest BCUT2D eigenvalue weighted by Gasteiger charge is 2.20. The Morgan fingerprint density at radius 1 is 0.926 bits per heavy atom. The number of amides is 3. The molecule has 27 heavy (non-hydrogen) atoms. The maximum absolute atomic E-state index is 13.1. The molecule has 2 aromatic rings. The number of nitrogens with one attached hydrogen (secondary N) is 2. The zero-order chi connectivity index (χ0) is 20.1. The number of carbonyl (C=O) groups is 3. The lowest BCUT2D eigenvalue weighted by atomic mass is 10.1. The molecule has 0 radical (unpaired) electrons. The monoisotopic (exact) mass is 371 g/mol. The predicted molar refractivity (Wildman–Crippen MR) is 102 cm³/mol. The summed E-state index contributed by atoms with van der Waals surface area (Å²) in [6, 6.07) is 10.3. The Bertz CT molecular complexity index is 831. The highest BCUT2D eigenvalue weighted by Crippen LogP contribution is 2.25. The fraction of sp³-hybridized carbons (Fsp3) is 0.250. The fourth-order valence-electron chi connectivity index (χ4n) is 2.65. The molecule has 7 heteroatoms. The molecule has 0 saturated heterocycles. The van der Waals surface area contributed by atoms with Gasteiger partial charge in [-0.05, 0) is 42.8 Å². The summed E-state index contributed by atoms with van der Waals surface area (Å²) in [5.74, 6) is -1.23. The van der Waals surface area contributed by atoms with Gasteiger partial charge < -0.3 is 15.5 Å². The Kier molecular flexibility index (Phi) is 6.28. The van der Waals surface area contributed by atoms with Crippen LogP contribution >= 0.6 is 0 Å². The molecule has 0 aliphatic carbocycles. The normalized spacial score (nSPS) is 11.4. The van der Waals surface area contributed by atoms with Gasteiger partial charge in [0.1, 0.15) is 5.82 Å². The van der Waals surface area contributed by atoms with Crippen molar-refractivity contribution in [2.75, 3.05) is 17.7 Å². The molecule has 2 rings (SSSR count). The van der Waals surface area contributed by atoms with E-state index in [0.717, 1.165) is 5.56 Å². The minimum Gasteiger partial charge on any atom is -0.335 e. The van der Waals surface area contributed by atoms with E-state index in [0.29, 0.717) is 16.9 Å². The third-order valence-corrected chi connectivity index (χ3v) is 4.07. The van der Waals surface area contributed by atoms with Crippen LogP contribution in [0.5, 0.6) is 0 Å². The summed E-state index contributed by atoms with van der Waals surface area (Å²) in [4.78, 5) is 37.2. The number of anilines is 2. The average Bonchev–Trinajstić information content (AvgIpc) is 2.59. The quantitative estimate of drug-likeness (QED) is 0.843. The maximum atomic E-state index is 13.1. The number of nitrogens with zero attached hydrogens (tertiary/aromatic N) is 1. The molecule has 0 saturated carbocycles. The third-order valence-electron chi connectivity index (χ3n) is 4.07. The van der Waals surface area contributed by atoms with E-state index in [1.54, 1.807) is 37.4 Å². The van der Waals surface area contributed by atoms with Crippen molar-refractivity contribution in [3.63, 3.8) is 0 Å². The molecule has 1 atom stereocenters. The minimum absolute atomic E-state index is 0.290. The molecule has 3 amide bonds. The van der Waals surface area contributed by atoms with Gasteiger partial charge in [-0.2, -0.15) is 0 Å². The predicted octanol–water partition coefficient (Wildman–Crippen LogP) is 3.58. The molecule has 0 fully saturated rings. The molecular formula is C20H22FN3O3. The Morgan fingerprint density at radius 3 is 1.85 bits per heavy atom. The van der Waals surface area contributed by atoms with Crippen molar-refractivity contribution in [1.29, 1.82) is 0 Å². The van der Waals surface area contributed by atoms with Crippen LogP contribution in [0.4, 0.5) is 15.8 Å². The van der Waals surface area contributed by atoms with Crippen molar-refractivity contribution >= 4 is 29.1 Å². The number of benzene rings is 2. The number of halogens is 1. The molecule has 2 N–H and O–H groups in total. The molecule has 2 aromatic carbocycles. The van der Waals surface area contributed by atoms with Crippen LogP contribution in [-0.2, 0) is 9.59 Å². The van der Waals surface area contributed by atoms with Gasteiger partial charge in [-0.25, -0.2) is 4.39 Å². The molecular weight excluding hydrogens is 349 g/mol. The summed E-state index contributed by atoms with van der Waals surface area (Å²) in [5.41, 5.74) is 1.90. The highest BCUT2D eigenvalue weighted by atomic mass is 19.1. The van der Waals surface area contributed by atoms with Crippen LogP contribution in [0.1, 0.15) is 42.7 Å². The number of carbonyl (C=O) groups excluding carboxylic acids is 3. The van der Waals surface area contributed by atoms with E-state index in [1.165, 1.54) is 30.9 Å². The summed E-state index contributed by atoms with van der Waals surface area (Å²) in [7, 11) is 1.64. The van der Waals surface area contributed by atoms with Gasteiger partial charge in [-0.3, -0.25) is 14.4 Å². The molecule has 0 bridgehead atoms. The minimum atomic E-state index is -0.345. The van der Waals surface area contributed by atoms with Gasteiger partial charge in [0.15, 0.2) is 0 Å². The first-order chi connectivity index (χ1) is 12.7. The first-order valence-corrected chi connectivity index (χ1v) is 8.40. The third kappa shape index (κ3) is 5.37. The number of hydrogen-bond acceptors (Lipinski definition) is 3. The van der Waals surface area contributed by atoms with Gasteiger partial charge in [-0.1, -0.05) is 12.1 Å². The summed E-state index contributed by atoms with van der Waals surface area (Å²) in [6.45, 7) is 4.54. The van der Waals surface area contributed by atoms with Gasteiger partial charge in [0.05, 0.1) is 6.04 Å². The summed E-state index contributed by atoms with van der Waals surface area (Å²) >= 11 is 0. The Labute approximate surface area is 157 Å². The first kappa shape index (κ1) is 20.1. The van der Waals surface area contributed by atoms with Gasteiger partial charge in [0, 0.05) is 37.8 Å². The molecule has 0 aliphatic heterocycles. The van der Waals surface area contributed by atoms with Crippen LogP contribution in [-0.4, -0.2) is 29.7 Å². The second-order valence-corrected chi connectivity index (χ2v) is 6.30. The van der Waals surface area contributed by atoms with E-state index in [9.17, 15) is 18.8 Å². The smallest absolute Gasteiger partial charge is 0.254 e. The van der Waals surface area contributed by atoms with Crippen LogP contribution in [0.25, 0.3) is 0 Å². The zero-order valence-corrected chi connectivity index (χ0v) is 15.7. The van der Waals surface area contributed by atoms with Crippen LogP contribution < -0.4 is 10.6 Å². The van der Waals surface area contributed by atoms with Crippen molar-refractivity contribution in [2.45, 2.75) is 26.8 Å². The largest absolute Gasteiger partial charge is 0.335 e. The number of hydrogen-bond donors (Lipinski definition) is 2. The lowest BCUT2D eigenvalue weighted by Gasteiger charge is -2.26. The Morgan fingerprint density at radius 2 is 1.41 bits per heavy atom. The summed E-state index contributed by atoms with van der Waals surface area (Å²) in [6.07, 6.45) is 0. The van der Waals surface area contributed by atoms with E-state index < -0.39 is 0 Å². The molecule has 0 heterocycles. The lowest BCUT2D eigenvalue weighted by Crippen LogP contribution is -2.30. The molecule has 0 aromatic heterocycles. The molecule has 0 aliphatic rings. The molecule has 0 spiro atoms. The topological polar surface area (TPSA) is 78.5 Å². The highest BCUT2D eigenvalue weighted by molar-refractivity contribution is 6.00. The van der Waals surface area contributed by atoms with Crippen molar-refractivity contribution in [1.82, 2.24) is 4.90 Å². The van der Waals surface area contributed by atoms with Crippen molar-refractivity contribution in [3.8, 4) is 0 Å². The van der Waals surface area contributed by atoms with Crippen molar-refractivity contribution in [2.24, 2.45) is 0 Å². The van der Waals surface area contributed by atoms with Crippen molar-refractivity contribution < 1.29 is 18.8 Å². The first-order valence-electron chi connectivity index (χ1n) is 8.40. The summed E-state index contributed by atoms with van der Waals surface area (Å²) in [5, 5.41) is 5.23. The second-order valence-electron chi connectivity index (χ2n) is 6.30. The second kappa shape index (κ2) is 8.44. The average molecular weight is 371 g/mol. The fourth-order valence-corrected chi connectivity index (χ4v) is 2.65. The molecule has 0 unspecified atom stereocenters. The van der Waals surface area contributed by atoms with E-state index >= 15 is 0 Å². The van der Waals surface area contributed by atoms with Crippen LogP contribution in [0.3, 0.4) is 0 Å². The molecule has 6 nitrogen and oxygen atoms in total. The van der Waals surface area contributed by atoms with Crippen LogP contribution in [0, 0.1) is 5.82 Å². The maximum Gasteiger partial charge on any atom is 0.254 e. The van der Waals surface area contributed by atoms with Gasteiger partial charge >= 0.3 is 0 Å². The van der Waals surface area contributed by atoms with E-state index in [4.69, 9.17) is 0 Å². The van der Waals surface area contributed by atoms with Gasteiger partial charge in [-0.15, -0.1) is 0 Å². The van der Waals surface area contributed by atoms with E-state index in [2.05, 4.69) is 10.6 Å². The van der Waals surface area contributed by atoms with Gasteiger partial charge in [0.2, 0.25) is 11.8 Å². The van der Waals surface area contributed by atoms with Crippen molar-refractivity contribution in [3.05, 3.63) is 59.4 Å². The van der Waals surface area contributed by atoms with E-state index in [-0.39, 0.29) is 29.6 Å². The van der Waals surface area contributed by atoms with Crippen LogP contribution in [0.2, 0.25) is 0 Å². The van der Waals surface area contributed by atoms with E-state index in [1.807, 2.05) is 6.92 Å². The lowest BCUT2D eigenvalue weighted by molar-refractivity contribution is -0.115. The Hall–Kier alpha value is -3.22. The van der Waals surface area contributed by atoms with Gasteiger partial charge in [0.25, 0.3) is 5.91 Å². The zero-order valence-electron chi connectivity index (χ0n) is 15.7. The van der Waals surface area contributed by atoms with Crippen LogP contribution in [0.15, 0.2) is 42.5 Å². The standard InChI is InChI=1S/C20H22FN3O3/c1-12(15-5-7-17(21)8-6-15)24(4)20(27)16-9-18(22-13(2)25)11-19(10-16)23-14(3)26/h5-12H,1-4H3,(H,22,25)(H,23,26)/t12-/m0/s1. The molecule has 142 valence electrons. The SMILES string of the molecule is CC(=O)Nc1cc(NC(C)=O)cc(C(=O)N(C)[C@@H](C)c2ccc(F)cc2)c1. The Balaban J connectivity index is 2.33. The number of rotatable bonds is 5. The summed E-state index contributed by atoms with van der Waals surface area (Å²) < 4.78 is 13.1.